The average molecular weight is 355 g/mol. The normalized spacial score (nSPS) is 24.2. The van der Waals surface area contributed by atoms with Gasteiger partial charge in [-0.2, -0.15) is 4.31 Å². The quantitative estimate of drug-likeness (QED) is 0.857. The third-order valence-electron chi connectivity index (χ3n) is 4.47. The first-order valence-electron chi connectivity index (χ1n) is 8.05. The van der Waals surface area contributed by atoms with E-state index in [0.717, 1.165) is 5.56 Å². The van der Waals surface area contributed by atoms with Gasteiger partial charge >= 0.3 is 0 Å². The molecule has 0 unspecified atom stereocenters. The number of nitrogens with zero attached hydrogens (tertiary/aromatic N) is 1. The van der Waals surface area contributed by atoms with Crippen molar-refractivity contribution in [3.63, 3.8) is 0 Å². The van der Waals surface area contributed by atoms with Crippen LogP contribution >= 0.6 is 0 Å². The molecule has 130 valence electrons. The Morgan fingerprint density at radius 3 is 2.40 bits per heavy atom. The van der Waals surface area contributed by atoms with Crippen LogP contribution in [0.4, 0.5) is 0 Å². The van der Waals surface area contributed by atoms with Crippen molar-refractivity contribution in [1.82, 2.24) is 4.31 Å². The molecule has 1 heterocycles. The van der Waals surface area contributed by atoms with Gasteiger partial charge in [-0.3, -0.25) is 0 Å². The lowest BCUT2D eigenvalue weighted by Gasteiger charge is -2.41. The van der Waals surface area contributed by atoms with E-state index in [-0.39, 0.29) is 11.4 Å². The second-order valence-corrected chi connectivity index (χ2v) is 8.09. The molecule has 1 aliphatic heterocycles. The van der Waals surface area contributed by atoms with Gasteiger partial charge in [0, 0.05) is 6.54 Å². The van der Waals surface area contributed by atoms with Gasteiger partial charge in [0.15, 0.2) is 0 Å². The van der Waals surface area contributed by atoms with Gasteiger partial charge in [0.1, 0.15) is 5.60 Å². The number of hydrogen-bond donors (Lipinski definition) is 1. The van der Waals surface area contributed by atoms with Crippen LogP contribution in [0.3, 0.4) is 0 Å². The Labute approximate surface area is 148 Å². The van der Waals surface area contributed by atoms with Crippen molar-refractivity contribution in [2.45, 2.75) is 23.5 Å². The van der Waals surface area contributed by atoms with E-state index in [0.29, 0.717) is 5.56 Å². The SMILES string of the molecule is C=C[C@@]1(O)C=CCN(S(=O)(=O)c2ccc(C)cc2)[C@H]1c1ccccc1. The molecule has 5 heteroatoms. The lowest BCUT2D eigenvalue weighted by molar-refractivity contribution is 0.0552. The Kier molecular flexibility index (Phi) is 4.64. The topological polar surface area (TPSA) is 57.6 Å². The molecule has 2 atom stereocenters. The van der Waals surface area contributed by atoms with E-state index in [1.807, 2.05) is 37.3 Å². The van der Waals surface area contributed by atoms with E-state index in [9.17, 15) is 13.5 Å². The number of hydrogen-bond acceptors (Lipinski definition) is 3. The number of benzene rings is 2. The summed E-state index contributed by atoms with van der Waals surface area (Å²) in [6.45, 7) is 5.80. The molecule has 0 saturated carbocycles. The van der Waals surface area contributed by atoms with Gasteiger partial charge < -0.3 is 5.11 Å². The number of aryl methyl sites for hydroxylation is 1. The number of aliphatic hydroxyl groups is 1. The summed E-state index contributed by atoms with van der Waals surface area (Å²) >= 11 is 0. The van der Waals surface area contributed by atoms with E-state index in [2.05, 4.69) is 6.58 Å². The standard InChI is InChI=1S/C20H21NO3S/c1-3-20(22)14-7-15-21(19(20)17-8-5-4-6-9-17)25(23,24)18-12-10-16(2)11-13-18/h3-14,19,22H,1,15H2,2H3/t19-,20+/m0/s1. The van der Waals surface area contributed by atoms with Crippen LogP contribution in [0, 0.1) is 6.92 Å². The molecule has 0 spiro atoms. The summed E-state index contributed by atoms with van der Waals surface area (Å²) in [5.41, 5.74) is 0.224. The lowest BCUT2D eigenvalue weighted by atomic mass is 9.86. The molecule has 0 fully saturated rings. The lowest BCUT2D eigenvalue weighted by Crippen LogP contribution is -2.49. The number of rotatable bonds is 4. The Morgan fingerprint density at radius 1 is 1.16 bits per heavy atom. The molecule has 2 aromatic carbocycles. The van der Waals surface area contributed by atoms with Gasteiger partial charge in [0.25, 0.3) is 0 Å². The number of sulfonamides is 1. The summed E-state index contributed by atoms with van der Waals surface area (Å²) < 4.78 is 27.8. The van der Waals surface area contributed by atoms with Crippen LogP contribution in [0.1, 0.15) is 17.2 Å². The van der Waals surface area contributed by atoms with Crippen LogP contribution < -0.4 is 0 Å². The van der Waals surface area contributed by atoms with Gasteiger partial charge in [0.05, 0.1) is 10.9 Å². The highest BCUT2D eigenvalue weighted by Gasteiger charge is 2.44. The zero-order chi connectivity index (χ0) is 18.1. The van der Waals surface area contributed by atoms with Crippen molar-refractivity contribution in [1.29, 1.82) is 0 Å². The minimum atomic E-state index is -3.78. The van der Waals surface area contributed by atoms with Crippen LogP contribution in [-0.2, 0) is 10.0 Å². The highest BCUT2D eigenvalue weighted by molar-refractivity contribution is 7.89. The molecule has 0 bridgehead atoms. The molecule has 1 N–H and O–H groups in total. The van der Waals surface area contributed by atoms with E-state index < -0.39 is 21.7 Å². The van der Waals surface area contributed by atoms with Gasteiger partial charge in [-0.15, -0.1) is 0 Å². The van der Waals surface area contributed by atoms with E-state index in [1.165, 1.54) is 10.4 Å². The molecule has 1 aliphatic rings. The average Bonchev–Trinajstić information content (AvgIpc) is 2.62. The van der Waals surface area contributed by atoms with Crippen molar-refractivity contribution in [2.24, 2.45) is 0 Å². The Bertz CT molecular complexity index is 888. The van der Waals surface area contributed by atoms with Crippen molar-refractivity contribution in [3.05, 3.63) is 90.5 Å². The van der Waals surface area contributed by atoms with Gasteiger partial charge in [0.2, 0.25) is 10.0 Å². The molecule has 0 aliphatic carbocycles. The highest BCUT2D eigenvalue weighted by Crippen LogP contribution is 2.40. The highest BCUT2D eigenvalue weighted by atomic mass is 32.2. The third kappa shape index (κ3) is 3.18. The molecule has 2 aromatic rings. The van der Waals surface area contributed by atoms with Crippen molar-refractivity contribution < 1.29 is 13.5 Å². The van der Waals surface area contributed by atoms with Crippen LogP contribution in [0.15, 0.2) is 84.3 Å². The maximum absolute atomic E-state index is 13.2. The third-order valence-corrected chi connectivity index (χ3v) is 6.31. The van der Waals surface area contributed by atoms with E-state index >= 15 is 0 Å². The smallest absolute Gasteiger partial charge is 0.244 e. The summed E-state index contributed by atoms with van der Waals surface area (Å²) in [6.07, 6.45) is 4.66. The van der Waals surface area contributed by atoms with Crippen LogP contribution in [-0.4, -0.2) is 30.0 Å². The Hall–Kier alpha value is -2.21. The first-order valence-corrected chi connectivity index (χ1v) is 9.49. The monoisotopic (exact) mass is 355 g/mol. The molecule has 0 amide bonds. The summed E-state index contributed by atoms with van der Waals surface area (Å²) in [7, 11) is -3.78. The van der Waals surface area contributed by atoms with Crippen molar-refractivity contribution in [2.75, 3.05) is 6.54 Å². The summed E-state index contributed by atoms with van der Waals surface area (Å²) in [5.74, 6) is 0. The van der Waals surface area contributed by atoms with Crippen LogP contribution in [0.2, 0.25) is 0 Å². The summed E-state index contributed by atoms with van der Waals surface area (Å²) in [5, 5.41) is 11.0. The molecule has 25 heavy (non-hydrogen) atoms. The van der Waals surface area contributed by atoms with E-state index in [1.54, 1.807) is 36.4 Å². The summed E-state index contributed by atoms with van der Waals surface area (Å²) in [6, 6.07) is 15.1. The predicted molar refractivity (Wildman–Crippen MR) is 98.5 cm³/mol. The first kappa shape index (κ1) is 17.6. The zero-order valence-electron chi connectivity index (χ0n) is 14.0. The minimum Gasteiger partial charge on any atom is -0.380 e. The molecular formula is C20H21NO3S. The molecule has 0 saturated heterocycles. The van der Waals surface area contributed by atoms with Crippen molar-refractivity contribution in [3.8, 4) is 0 Å². The zero-order valence-corrected chi connectivity index (χ0v) is 14.9. The second kappa shape index (κ2) is 6.59. The first-order chi connectivity index (χ1) is 11.9. The van der Waals surface area contributed by atoms with Gasteiger partial charge in [-0.25, -0.2) is 8.42 Å². The Balaban J connectivity index is 2.14. The van der Waals surface area contributed by atoms with Gasteiger partial charge in [-0.05, 0) is 30.7 Å². The molecular weight excluding hydrogens is 334 g/mol. The summed E-state index contributed by atoms with van der Waals surface area (Å²) in [4.78, 5) is 0.209. The van der Waals surface area contributed by atoms with Gasteiger partial charge in [-0.1, -0.05) is 66.8 Å². The fraction of sp³-hybridized carbons (Fsp3) is 0.200. The van der Waals surface area contributed by atoms with E-state index in [4.69, 9.17) is 0 Å². The fourth-order valence-corrected chi connectivity index (χ4v) is 4.70. The maximum atomic E-state index is 13.2. The molecule has 3 rings (SSSR count). The molecule has 0 aromatic heterocycles. The minimum absolute atomic E-state index is 0.186. The maximum Gasteiger partial charge on any atom is 0.244 e. The van der Waals surface area contributed by atoms with Crippen LogP contribution in [0.5, 0.6) is 0 Å². The van der Waals surface area contributed by atoms with Crippen molar-refractivity contribution >= 4 is 10.0 Å². The molecule has 4 nitrogen and oxygen atoms in total. The second-order valence-electron chi connectivity index (χ2n) is 6.19. The predicted octanol–water partition coefficient (Wildman–Crippen LogP) is 3.21. The molecule has 0 radical (unpaired) electrons. The Morgan fingerprint density at radius 2 is 1.80 bits per heavy atom. The largest absolute Gasteiger partial charge is 0.380 e. The fourth-order valence-electron chi connectivity index (χ4n) is 3.10. The van der Waals surface area contributed by atoms with Crippen LogP contribution in [0.25, 0.3) is 0 Å².